The van der Waals surface area contributed by atoms with E-state index < -0.39 is 5.60 Å². The van der Waals surface area contributed by atoms with Gasteiger partial charge in [-0.15, -0.1) is 11.3 Å². The molecular weight excluding hydrogens is 290 g/mol. The summed E-state index contributed by atoms with van der Waals surface area (Å²) in [6.07, 6.45) is 1.22. The quantitative estimate of drug-likeness (QED) is 0.797. The van der Waals surface area contributed by atoms with Crippen LogP contribution >= 0.6 is 11.3 Å². The molecule has 1 aromatic heterocycles. The Hall–Kier alpha value is -1.39. The van der Waals surface area contributed by atoms with E-state index in [1.807, 2.05) is 6.07 Å². The van der Waals surface area contributed by atoms with Gasteiger partial charge in [0.15, 0.2) is 0 Å². The Labute approximate surface area is 128 Å². The van der Waals surface area contributed by atoms with Gasteiger partial charge in [0, 0.05) is 33.1 Å². The van der Waals surface area contributed by atoms with E-state index in [0.29, 0.717) is 31.1 Å². The van der Waals surface area contributed by atoms with Crippen LogP contribution in [0.3, 0.4) is 0 Å². The van der Waals surface area contributed by atoms with Gasteiger partial charge in [0.2, 0.25) is 0 Å². The number of rotatable bonds is 5. The monoisotopic (exact) mass is 309 g/mol. The van der Waals surface area contributed by atoms with Crippen molar-refractivity contribution in [3.63, 3.8) is 0 Å². The fraction of sp³-hybridized carbons (Fsp3) is 0.533. The SMILES string of the molecule is COC1(CNC(=O)c2ccc(C#CCCO)s2)CCOC1. The van der Waals surface area contributed by atoms with Crippen LogP contribution in [0.2, 0.25) is 0 Å². The summed E-state index contributed by atoms with van der Waals surface area (Å²) in [5.74, 6) is 5.63. The summed E-state index contributed by atoms with van der Waals surface area (Å²) in [4.78, 5) is 13.6. The van der Waals surface area contributed by atoms with Crippen molar-refractivity contribution in [3.05, 3.63) is 21.9 Å². The summed E-state index contributed by atoms with van der Waals surface area (Å²) in [5, 5.41) is 11.6. The lowest BCUT2D eigenvalue weighted by Crippen LogP contribution is -2.44. The first-order valence-corrected chi connectivity index (χ1v) is 7.61. The van der Waals surface area contributed by atoms with Crippen LogP contribution in [-0.4, -0.2) is 50.1 Å². The highest BCUT2D eigenvalue weighted by Crippen LogP contribution is 2.22. The molecule has 2 N–H and O–H groups in total. The maximum absolute atomic E-state index is 12.1. The molecule has 0 saturated carbocycles. The molecule has 0 aliphatic carbocycles. The number of carbonyl (C=O) groups excluding carboxylic acids is 1. The second kappa shape index (κ2) is 7.57. The van der Waals surface area contributed by atoms with Gasteiger partial charge in [0.25, 0.3) is 5.91 Å². The minimum absolute atomic E-state index is 0.0485. The van der Waals surface area contributed by atoms with Gasteiger partial charge in [-0.1, -0.05) is 11.8 Å². The van der Waals surface area contributed by atoms with E-state index in [1.54, 1.807) is 13.2 Å². The molecule has 1 fully saturated rings. The molecule has 5 nitrogen and oxygen atoms in total. The second-order valence-corrected chi connectivity index (χ2v) is 5.90. The van der Waals surface area contributed by atoms with Gasteiger partial charge in [-0.25, -0.2) is 0 Å². The lowest BCUT2D eigenvalue weighted by Gasteiger charge is -2.25. The lowest BCUT2D eigenvalue weighted by atomic mass is 10.0. The number of amides is 1. The van der Waals surface area contributed by atoms with Crippen LogP contribution in [0.4, 0.5) is 0 Å². The molecule has 1 saturated heterocycles. The zero-order valence-electron chi connectivity index (χ0n) is 12.0. The maximum atomic E-state index is 12.1. The Bertz CT molecular complexity index is 537. The van der Waals surface area contributed by atoms with Gasteiger partial charge in [0.1, 0.15) is 5.60 Å². The molecule has 0 spiro atoms. The highest BCUT2D eigenvalue weighted by atomic mass is 32.1. The molecule has 0 bridgehead atoms. The second-order valence-electron chi connectivity index (χ2n) is 4.81. The van der Waals surface area contributed by atoms with E-state index >= 15 is 0 Å². The lowest BCUT2D eigenvalue weighted by molar-refractivity contribution is -0.0148. The van der Waals surface area contributed by atoms with Crippen molar-refractivity contribution in [1.82, 2.24) is 5.32 Å². The minimum atomic E-state index is -0.406. The Morgan fingerprint density at radius 1 is 1.62 bits per heavy atom. The van der Waals surface area contributed by atoms with Crippen LogP contribution in [-0.2, 0) is 9.47 Å². The number of hydrogen-bond acceptors (Lipinski definition) is 5. The van der Waals surface area contributed by atoms with Crippen molar-refractivity contribution in [3.8, 4) is 11.8 Å². The van der Waals surface area contributed by atoms with Crippen LogP contribution in [0.5, 0.6) is 0 Å². The van der Waals surface area contributed by atoms with Crippen molar-refractivity contribution >= 4 is 17.2 Å². The molecule has 1 aliphatic rings. The number of carbonyl (C=O) groups is 1. The number of nitrogens with one attached hydrogen (secondary N) is 1. The molecule has 6 heteroatoms. The summed E-state index contributed by atoms with van der Waals surface area (Å²) in [7, 11) is 1.64. The Balaban J connectivity index is 1.90. The number of aliphatic hydroxyl groups excluding tert-OH is 1. The predicted molar refractivity (Wildman–Crippen MR) is 80.4 cm³/mol. The van der Waals surface area contributed by atoms with E-state index in [4.69, 9.17) is 14.6 Å². The first kappa shape index (κ1) is 16.0. The van der Waals surface area contributed by atoms with E-state index in [9.17, 15) is 4.79 Å². The summed E-state index contributed by atoms with van der Waals surface area (Å²) >= 11 is 1.34. The fourth-order valence-corrected chi connectivity index (χ4v) is 2.82. The first-order valence-electron chi connectivity index (χ1n) is 6.80. The van der Waals surface area contributed by atoms with Crippen LogP contribution in [0.1, 0.15) is 27.4 Å². The number of hydrogen-bond donors (Lipinski definition) is 2. The third-order valence-corrected chi connectivity index (χ3v) is 4.35. The molecule has 1 amide bonds. The average Bonchev–Trinajstić information content (AvgIpc) is 3.15. The molecule has 2 heterocycles. The highest BCUT2D eigenvalue weighted by Gasteiger charge is 2.35. The van der Waals surface area contributed by atoms with Crippen LogP contribution in [0, 0.1) is 11.8 Å². The minimum Gasteiger partial charge on any atom is -0.395 e. The Morgan fingerprint density at radius 3 is 3.14 bits per heavy atom. The van der Waals surface area contributed by atoms with Crippen LogP contribution in [0.25, 0.3) is 0 Å². The molecule has 0 aromatic carbocycles. The van der Waals surface area contributed by atoms with Gasteiger partial charge >= 0.3 is 0 Å². The molecule has 1 aliphatic heterocycles. The van der Waals surface area contributed by atoms with Gasteiger partial charge in [-0.2, -0.15) is 0 Å². The van der Waals surface area contributed by atoms with Gasteiger partial charge in [-0.05, 0) is 12.1 Å². The third-order valence-electron chi connectivity index (χ3n) is 3.35. The number of thiophene rings is 1. The summed E-state index contributed by atoms with van der Waals surface area (Å²) in [6.45, 7) is 1.65. The fourth-order valence-electron chi connectivity index (χ4n) is 2.02. The molecule has 1 unspecified atom stereocenters. The van der Waals surface area contributed by atoms with E-state index in [0.717, 1.165) is 11.3 Å². The largest absolute Gasteiger partial charge is 0.395 e. The average molecular weight is 309 g/mol. The predicted octanol–water partition coefficient (Wildman–Crippen LogP) is 1.02. The topological polar surface area (TPSA) is 67.8 Å². The molecule has 114 valence electrons. The standard InChI is InChI=1S/C15H19NO4S/c1-19-15(7-9-20-11-15)10-16-14(18)13-6-5-12(21-13)4-2-3-8-17/h5-6,17H,3,7-11H2,1H3,(H,16,18). The molecular formula is C15H19NO4S. The van der Waals surface area contributed by atoms with Crippen LogP contribution < -0.4 is 5.32 Å². The summed E-state index contributed by atoms with van der Waals surface area (Å²) in [5.41, 5.74) is -0.406. The Morgan fingerprint density at radius 2 is 2.48 bits per heavy atom. The Kier molecular flexibility index (Phi) is 5.76. The summed E-state index contributed by atoms with van der Waals surface area (Å²) < 4.78 is 10.8. The normalized spacial score (nSPS) is 20.9. The number of ether oxygens (including phenoxy) is 2. The van der Waals surface area contributed by atoms with E-state index in [-0.39, 0.29) is 12.5 Å². The molecule has 2 rings (SSSR count). The molecule has 0 radical (unpaired) electrons. The van der Waals surface area contributed by atoms with Gasteiger partial charge in [0.05, 0.1) is 23.0 Å². The van der Waals surface area contributed by atoms with Crippen molar-refractivity contribution in [1.29, 1.82) is 0 Å². The zero-order valence-corrected chi connectivity index (χ0v) is 12.8. The maximum Gasteiger partial charge on any atom is 0.261 e. The van der Waals surface area contributed by atoms with E-state index in [2.05, 4.69) is 17.2 Å². The smallest absolute Gasteiger partial charge is 0.261 e. The third kappa shape index (κ3) is 4.29. The van der Waals surface area contributed by atoms with E-state index in [1.165, 1.54) is 11.3 Å². The number of methoxy groups -OCH3 is 1. The van der Waals surface area contributed by atoms with Gasteiger partial charge < -0.3 is 19.9 Å². The van der Waals surface area contributed by atoms with Crippen molar-refractivity contribution < 1.29 is 19.4 Å². The molecule has 21 heavy (non-hydrogen) atoms. The van der Waals surface area contributed by atoms with Crippen LogP contribution in [0.15, 0.2) is 12.1 Å². The summed E-state index contributed by atoms with van der Waals surface area (Å²) in [6, 6.07) is 3.57. The van der Waals surface area contributed by atoms with Gasteiger partial charge in [-0.3, -0.25) is 4.79 Å². The van der Waals surface area contributed by atoms with Crippen molar-refractivity contribution in [2.75, 3.05) is 33.5 Å². The van der Waals surface area contributed by atoms with Crippen molar-refractivity contribution in [2.24, 2.45) is 0 Å². The number of aliphatic hydroxyl groups is 1. The highest BCUT2D eigenvalue weighted by molar-refractivity contribution is 7.14. The first-order chi connectivity index (χ1) is 10.2. The molecule has 1 aromatic rings. The zero-order chi connectivity index (χ0) is 15.1. The van der Waals surface area contributed by atoms with Crippen molar-refractivity contribution in [2.45, 2.75) is 18.4 Å². The molecule has 1 atom stereocenters.